The van der Waals surface area contributed by atoms with Crippen LogP contribution in [0, 0.1) is 0 Å². The number of amides is 1. The second kappa shape index (κ2) is 4.88. The molecule has 1 aliphatic heterocycles. The van der Waals surface area contributed by atoms with Gasteiger partial charge in [0.2, 0.25) is 5.91 Å². The third-order valence-corrected chi connectivity index (χ3v) is 2.46. The fraction of sp³-hybridized carbons (Fsp3) is 0.667. The van der Waals surface area contributed by atoms with E-state index in [1.165, 1.54) is 6.33 Å². The van der Waals surface area contributed by atoms with Gasteiger partial charge in [0.15, 0.2) is 0 Å². The van der Waals surface area contributed by atoms with Gasteiger partial charge in [-0.1, -0.05) is 0 Å². The fourth-order valence-electron chi connectivity index (χ4n) is 1.64. The summed E-state index contributed by atoms with van der Waals surface area (Å²) in [7, 11) is 0. The van der Waals surface area contributed by atoms with Gasteiger partial charge >= 0.3 is 0 Å². The molecule has 0 radical (unpaired) electrons. The SMILES string of the molecule is O=C(CCn1cncn1)NC1CCNC1. The summed E-state index contributed by atoms with van der Waals surface area (Å²) in [6.07, 6.45) is 4.57. The van der Waals surface area contributed by atoms with Crippen molar-refractivity contribution in [3.8, 4) is 0 Å². The summed E-state index contributed by atoms with van der Waals surface area (Å²) in [5.74, 6) is 0.0826. The van der Waals surface area contributed by atoms with Crippen LogP contribution in [0.3, 0.4) is 0 Å². The van der Waals surface area contributed by atoms with Crippen LogP contribution in [0.2, 0.25) is 0 Å². The molecule has 15 heavy (non-hydrogen) atoms. The first-order chi connectivity index (χ1) is 7.34. The van der Waals surface area contributed by atoms with E-state index in [0.717, 1.165) is 19.5 Å². The molecule has 1 amide bonds. The molecule has 1 aliphatic rings. The van der Waals surface area contributed by atoms with Crippen LogP contribution in [0.15, 0.2) is 12.7 Å². The molecule has 2 rings (SSSR count). The number of carbonyl (C=O) groups excluding carboxylic acids is 1. The Balaban J connectivity index is 1.68. The highest BCUT2D eigenvalue weighted by Gasteiger charge is 2.16. The minimum Gasteiger partial charge on any atom is -0.352 e. The molecule has 0 aliphatic carbocycles. The van der Waals surface area contributed by atoms with Crippen molar-refractivity contribution in [3.63, 3.8) is 0 Å². The smallest absolute Gasteiger partial charge is 0.222 e. The maximum atomic E-state index is 11.5. The summed E-state index contributed by atoms with van der Waals surface area (Å²) < 4.78 is 1.66. The van der Waals surface area contributed by atoms with Gasteiger partial charge < -0.3 is 10.6 Å². The molecule has 0 aromatic carbocycles. The Bertz CT molecular complexity index is 304. The Kier molecular flexibility index (Phi) is 3.29. The van der Waals surface area contributed by atoms with Gasteiger partial charge in [0.1, 0.15) is 12.7 Å². The molecule has 2 heterocycles. The number of aromatic nitrogens is 3. The van der Waals surface area contributed by atoms with Crippen LogP contribution in [-0.4, -0.2) is 39.8 Å². The Morgan fingerprint density at radius 3 is 3.27 bits per heavy atom. The van der Waals surface area contributed by atoms with E-state index in [4.69, 9.17) is 0 Å². The number of rotatable bonds is 4. The summed E-state index contributed by atoms with van der Waals surface area (Å²) in [6.45, 7) is 2.47. The number of aryl methyl sites for hydroxylation is 1. The van der Waals surface area contributed by atoms with Gasteiger partial charge in [-0.2, -0.15) is 5.10 Å². The van der Waals surface area contributed by atoms with E-state index < -0.39 is 0 Å². The monoisotopic (exact) mass is 209 g/mol. The molecule has 0 saturated carbocycles. The molecule has 6 nitrogen and oxygen atoms in total. The van der Waals surface area contributed by atoms with Crippen LogP contribution in [0.4, 0.5) is 0 Å². The van der Waals surface area contributed by atoms with Crippen LogP contribution >= 0.6 is 0 Å². The lowest BCUT2D eigenvalue weighted by atomic mass is 10.2. The van der Waals surface area contributed by atoms with Gasteiger partial charge in [-0.25, -0.2) is 4.98 Å². The summed E-state index contributed by atoms with van der Waals surface area (Å²) in [4.78, 5) is 15.3. The Morgan fingerprint density at radius 1 is 1.67 bits per heavy atom. The summed E-state index contributed by atoms with van der Waals surface area (Å²) in [5, 5.41) is 10.1. The van der Waals surface area contributed by atoms with Crippen LogP contribution < -0.4 is 10.6 Å². The van der Waals surface area contributed by atoms with E-state index in [-0.39, 0.29) is 5.91 Å². The molecule has 2 N–H and O–H groups in total. The number of nitrogens with one attached hydrogen (secondary N) is 2. The predicted molar refractivity (Wildman–Crippen MR) is 54.1 cm³/mol. The van der Waals surface area contributed by atoms with Crippen molar-refractivity contribution in [2.75, 3.05) is 13.1 Å². The van der Waals surface area contributed by atoms with E-state index in [2.05, 4.69) is 20.7 Å². The Hall–Kier alpha value is -1.43. The molecular formula is C9H15N5O. The topological polar surface area (TPSA) is 71.8 Å². The van der Waals surface area contributed by atoms with Gasteiger partial charge in [0.25, 0.3) is 0 Å². The predicted octanol–water partition coefficient (Wildman–Crippen LogP) is -0.854. The van der Waals surface area contributed by atoms with Crippen molar-refractivity contribution in [2.45, 2.75) is 25.4 Å². The fourth-order valence-corrected chi connectivity index (χ4v) is 1.64. The highest BCUT2D eigenvalue weighted by molar-refractivity contribution is 5.76. The van der Waals surface area contributed by atoms with Gasteiger partial charge in [-0.3, -0.25) is 9.48 Å². The normalized spacial score (nSPS) is 20.4. The molecule has 1 atom stereocenters. The number of hydrogen-bond donors (Lipinski definition) is 2. The van der Waals surface area contributed by atoms with E-state index in [1.54, 1.807) is 11.0 Å². The van der Waals surface area contributed by atoms with E-state index in [1.807, 2.05) is 0 Å². The lowest BCUT2D eigenvalue weighted by Crippen LogP contribution is -2.36. The van der Waals surface area contributed by atoms with E-state index >= 15 is 0 Å². The largest absolute Gasteiger partial charge is 0.352 e. The van der Waals surface area contributed by atoms with Crippen LogP contribution in [0.1, 0.15) is 12.8 Å². The van der Waals surface area contributed by atoms with Crippen molar-refractivity contribution in [3.05, 3.63) is 12.7 Å². The molecule has 0 bridgehead atoms. The number of hydrogen-bond acceptors (Lipinski definition) is 4. The highest BCUT2D eigenvalue weighted by atomic mass is 16.1. The van der Waals surface area contributed by atoms with Gasteiger partial charge in [-0.05, 0) is 13.0 Å². The minimum absolute atomic E-state index is 0.0826. The zero-order valence-corrected chi connectivity index (χ0v) is 8.52. The second-order valence-corrected chi connectivity index (χ2v) is 3.67. The van der Waals surface area contributed by atoms with E-state index in [0.29, 0.717) is 19.0 Å². The first kappa shape index (κ1) is 10.1. The lowest BCUT2D eigenvalue weighted by molar-refractivity contribution is -0.121. The standard InChI is InChI=1S/C9H15N5O/c15-9(13-8-1-3-10-5-8)2-4-14-7-11-6-12-14/h6-8,10H,1-5H2,(H,13,15). The first-order valence-electron chi connectivity index (χ1n) is 5.17. The van der Waals surface area contributed by atoms with Crippen molar-refractivity contribution >= 4 is 5.91 Å². The average molecular weight is 209 g/mol. The van der Waals surface area contributed by atoms with Crippen LogP contribution in [0.25, 0.3) is 0 Å². The summed E-state index contributed by atoms with van der Waals surface area (Å²) in [5.41, 5.74) is 0. The van der Waals surface area contributed by atoms with Gasteiger partial charge in [0.05, 0.1) is 6.54 Å². The molecule has 1 aromatic heterocycles. The highest BCUT2D eigenvalue weighted by Crippen LogP contribution is 1.97. The molecule has 6 heteroatoms. The lowest BCUT2D eigenvalue weighted by Gasteiger charge is -2.10. The maximum Gasteiger partial charge on any atom is 0.222 e. The van der Waals surface area contributed by atoms with Gasteiger partial charge in [0, 0.05) is 19.0 Å². The average Bonchev–Trinajstić information content (AvgIpc) is 2.86. The van der Waals surface area contributed by atoms with Gasteiger partial charge in [-0.15, -0.1) is 0 Å². The van der Waals surface area contributed by atoms with Crippen LogP contribution in [-0.2, 0) is 11.3 Å². The van der Waals surface area contributed by atoms with E-state index in [9.17, 15) is 4.79 Å². The van der Waals surface area contributed by atoms with Crippen LogP contribution in [0.5, 0.6) is 0 Å². The molecule has 1 unspecified atom stereocenters. The number of carbonyl (C=O) groups is 1. The second-order valence-electron chi connectivity index (χ2n) is 3.67. The minimum atomic E-state index is 0.0826. The summed E-state index contributed by atoms with van der Waals surface area (Å²) >= 11 is 0. The van der Waals surface area contributed by atoms with Crippen molar-refractivity contribution in [2.24, 2.45) is 0 Å². The first-order valence-corrected chi connectivity index (χ1v) is 5.17. The summed E-state index contributed by atoms with van der Waals surface area (Å²) in [6, 6.07) is 0.299. The van der Waals surface area contributed by atoms with Crippen molar-refractivity contribution in [1.29, 1.82) is 0 Å². The molecule has 82 valence electrons. The van der Waals surface area contributed by atoms with Crippen molar-refractivity contribution < 1.29 is 4.79 Å². The Labute approximate surface area is 88.1 Å². The number of nitrogens with zero attached hydrogens (tertiary/aromatic N) is 3. The molecule has 0 spiro atoms. The third-order valence-electron chi connectivity index (χ3n) is 2.46. The Morgan fingerprint density at radius 2 is 2.60 bits per heavy atom. The maximum absolute atomic E-state index is 11.5. The quantitative estimate of drug-likeness (QED) is 0.677. The zero-order chi connectivity index (χ0) is 10.5. The molecule has 1 saturated heterocycles. The molecule has 1 fully saturated rings. The van der Waals surface area contributed by atoms with Crippen molar-refractivity contribution in [1.82, 2.24) is 25.4 Å². The molecular weight excluding hydrogens is 194 g/mol. The zero-order valence-electron chi connectivity index (χ0n) is 8.52. The third kappa shape index (κ3) is 3.02. The molecule has 1 aromatic rings.